The molecule has 3 aromatic rings. The molecule has 29 heavy (non-hydrogen) atoms. The number of hydrogen-bond acceptors (Lipinski definition) is 7. The second kappa shape index (κ2) is 9.29. The van der Waals surface area contributed by atoms with Crippen molar-refractivity contribution in [2.24, 2.45) is 10.1 Å². The van der Waals surface area contributed by atoms with E-state index in [1.807, 2.05) is 30.5 Å². The summed E-state index contributed by atoms with van der Waals surface area (Å²) in [7, 11) is 4.96. The van der Waals surface area contributed by atoms with Gasteiger partial charge in [-0.05, 0) is 42.8 Å². The maximum atomic E-state index is 9.88. The van der Waals surface area contributed by atoms with E-state index in [9.17, 15) is 5.11 Å². The lowest BCUT2D eigenvalue weighted by Crippen LogP contribution is -2.11. The topological polar surface area (TPSA) is 77.6 Å². The Hall–Kier alpha value is -3.26. The summed E-state index contributed by atoms with van der Waals surface area (Å²) in [5.74, 6) is 1.91. The fourth-order valence-corrected chi connectivity index (χ4v) is 3.56. The molecule has 0 aliphatic heterocycles. The van der Waals surface area contributed by atoms with Gasteiger partial charge in [0.05, 0.1) is 32.7 Å². The number of methoxy groups -OCH3 is 2. The highest BCUT2D eigenvalue weighted by molar-refractivity contribution is 7.07. The Morgan fingerprint density at radius 3 is 2.62 bits per heavy atom. The van der Waals surface area contributed by atoms with Crippen molar-refractivity contribution in [3.63, 3.8) is 0 Å². The van der Waals surface area contributed by atoms with Gasteiger partial charge in [0.1, 0.15) is 11.5 Å². The number of phenols is 1. The maximum Gasteiger partial charge on any atom is 0.205 e. The van der Waals surface area contributed by atoms with Gasteiger partial charge in [-0.2, -0.15) is 5.10 Å². The first kappa shape index (κ1) is 20.5. The van der Waals surface area contributed by atoms with Crippen molar-refractivity contribution >= 4 is 17.6 Å². The van der Waals surface area contributed by atoms with Crippen LogP contribution in [0, 0.1) is 0 Å². The van der Waals surface area contributed by atoms with E-state index in [1.54, 1.807) is 50.4 Å². The van der Waals surface area contributed by atoms with Crippen molar-refractivity contribution in [2.45, 2.75) is 6.92 Å². The second-order valence-electron chi connectivity index (χ2n) is 5.91. The minimum Gasteiger partial charge on any atom is -0.504 e. The molecule has 0 radical (unpaired) electrons. The van der Waals surface area contributed by atoms with Crippen LogP contribution in [-0.4, -0.2) is 43.9 Å². The van der Waals surface area contributed by atoms with E-state index < -0.39 is 0 Å². The van der Waals surface area contributed by atoms with Crippen LogP contribution in [0.15, 0.2) is 51.9 Å². The van der Waals surface area contributed by atoms with Crippen molar-refractivity contribution in [1.82, 2.24) is 4.68 Å². The Morgan fingerprint density at radius 1 is 1.10 bits per heavy atom. The van der Waals surface area contributed by atoms with Crippen LogP contribution < -0.4 is 19.0 Å². The molecule has 0 bridgehead atoms. The second-order valence-corrected chi connectivity index (χ2v) is 6.75. The average molecular weight is 413 g/mol. The summed E-state index contributed by atoms with van der Waals surface area (Å²) in [6.45, 7) is 2.33. The number of phenolic OH excluding ortho intramolecular Hbond substituents is 1. The Kier molecular flexibility index (Phi) is 6.56. The monoisotopic (exact) mass is 413 g/mol. The number of ether oxygens (including phenoxy) is 3. The van der Waals surface area contributed by atoms with Gasteiger partial charge in [-0.3, -0.25) is 4.99 Å². The number of thiazole rings is 1. The first-order valence-electron chi connectivity index (χ1n) is 8.97. The van der Waals surface area contributed by atoms with E-state index >= 15 is 0 Å². The molecule has 0 saturated carbocycles. The molecular weight excluding hydrogens is 390 g/mol. The number of benzene rings is 2. The van der Waals surface area contributed by atoms with Gasteiger partial charge in [0.25, 0.3) is 0 Å². The van der Waals surface area contributed by atoms with Gasteiger partial charge in [0.2, 0.25) is 4.80 Å². The smallest absolute Gasteiger partial charge is 0.205 e. The van der Waals surface area contributed by atoms with Crippen molar-refractivity contribution in [2.75, 3.05) is 27.9 Å². The molecule has 1 N–H and O–H groups in total. The van der Waals surface area contributed by atoms with Crippen molar-refractivity contribution in [3.05, 3.63) is 52.1 Å². The standard InChI is InChI=1S/C21H23N3O4S/c1-5-28-20-10-14(6-9-18(20)25)12-23-24-17(13-29-21(24)22-2)16-8-7-15(26-3)11-19(16)27-4/h6-13,25H,5H2,1-4H3. The van der Waals surface area contributed by atoms with E-state index in [0.717, 1.165) is 21.6 Å². The van der Waals surface area contributed by atoms with Crippen LogP contribution in [-0.2, 0) is 0 Å². The summed E-state index contributed by atoms with van der Waals surface area (Å²) in [6, 6.07) is 10.7. The van der Waals surface area contributed by atoms with E-state index in [4.69, 9.17) is 14.2 Å². The Balaban J connectivity index is 2.05. The first-order chi connectivity index (χ1) is 14.1. The predicted molar refractivity (Wildman–Crippen MR) is 115 cm³/mol. The number of rotatable bonds is 7. The Morgan fingerprint density at radius 2 is 1.93 bits per heavy atom. The van der Waals surface area contributed by atoms with Gasteiger partial charge < -0.3 is 19.3 Å². The van der Waals surface area contributed by atoms with Crippen molar-refractivity contribution in [1.29, 1.82) is 0 Å². The van der Waals surface area contributed by atoms with Gasteiger partial charge in [0.15, 0.2) is 11.5 Å². The number of hydrogen-bond donors (Lipinski definition) is 1. The van der Waals surface area contributed by atoms with E-state index in [1.165, 1.54) is 11.3 Å². The molecule has 0 saturated heterocycles. The Bertz CT molecular complexity index is 1090. The third-order valence-electron chi connectivity index (χ3n) is 4.17. The molecule has 0 atom stereocenters. The molecule has 2 aromatic carbocycles. The highest BCUT2D eigenvalue weighted by atomic mass is 32.1. The van der Waals surface area contributed by atoms with Crippen LogP contribution in [0.3, 0.4) is 0 Å². The van der Waals surface area contributed by atoms with E-state index in [0.29, 0.717) is 23.9 Å². The lowest BCUT2D eigenvalue weighted by atomic mass is 10.1. The summed E-state index contributed by atoms with van der Waals surface area (Å²) in [4.78, 5) is 5.05. The fraction of sp³-hybridized carbons (Fsp3) is 0.238. The number of nitrogens with zero attached hydrogens (tertiary/aromatic N) is 3. The van der Waals surface area contributed by atoms with E-state index in [-0.39, 0.29) is 5.75 Å². The summed E-state index contributed by atoms with van der Waals surface area (Å²) in [5.41, 5.74) is 2.51. The largest absolute Gasteiger partial charge is 0.504 e. The van der Waals surface area contributed by atoms with Crippen LogP contribution in [0.2, 0.25) is 0 Å². The molecule has 0 aliphatic rings. The molecule has 1 heterocycles. The van der Waals surface area contributed by atoms with Crippen LogP contribution in [0.5, 0.6) is 23.0 Å². The average Bonchev–Trinajstić information content (AvgIpc) is 3.16. The Labute approximate surface area is 173 Å². The molecule has 0 amide bonds. The summed E-state index contributed by atoms with van der Waals surface area (Å²) >= 11 is 1.48. The summed E-state index contributed by atoms with van der Waals surface area (Å²) < 4.78 is 18.0. The number of aromatic nitrogens is 1. The van der Waals surface area contributed by atoms with Gasteiger partial charge in [-0.1, -0.05) is 0 Å². The molecule has 0 unspecified atom stereocenters. The molecule has 8 heteroatoms. The lowest BCUT2D eigenvalue weighted by molar-refractivity contribution is 0.318. The highest BCUT2D eigenvalue weighted by Gasteiger charge is 2.13. The molecule has 7 nitrogen and oxygen atoms in total. The van der Waals surface area contributed by atoms with Gasteiger partial charge >= 0.3 is 0 Å². The molecular formula is C21H23N3O4S. The normalized spacial score (nSPS) is 11.8. The van der Waals surface area contributed by atoms with Crippen molar-refractivity contribution < 1.29 is 19.3 Å². The third-order valence-corrected chi connectivity index (χ3v) is 5.07. The summed E-state index contributed by atoms with van der Waals surface area (Å²) in [6.07, 6.45) is 1.70. The fourth-order valence-electron chi connectivity index (χ4n) is 2.76. The van der Waals surface area contributed by atoms with Gasteiger partial charge in [-0.25, -0.2) is 4.68 Å². The van der Waals surface area contributed by atoms with Crippen molar-refractivity contribution in [3.8, 4) is 34.3 Å². The minimum atomic E-state index is 0.0973. The maximum absolute atomic E-state index is 9.88. The van der Waals surface area contributed by atoms with Crippen LogP contribution in [0.1, 0.15) is 12.5 Å². The molecule has 0 fully saturated rings. The lowest BCUT2D eigenvalue weighted by Gasteiger charge is -2.11. The first-order valence-corrected chi connectivity index (χ1v) is 9.85. The SMILES string of the molecule is CCOc1cc(C=Nn2c(-c3ccc(OC)cc3OC)csc2=NC)ccc1O. The minimum absolute atomic E-state index is 0.0973. The molecule has 0 spiro atoms. The molecule has 0 aliphatic carbocycles. The molecule has 152 valence electrons. The van der Waals surface area contributed by atoms with Gasteiger partial charge in [-0.15, -0.1) is 11.3 Å². The zero-order valence-corrected chi connectivity index (χ0v) is 17.6. The van der Waals surface area contributed by atoms with Crippen LogP contribution in [0.4, 0.5) is 0 Å². The zero-order valence-electron chi connectivity index (χ0n) is 16.7. The van der Waals surface area contributed by atoms with Crippen LogP contribution in [0.25, 0.3) is 11.3 Å². The van der Waals surface area contributed by atoms with Gasteiger partial charge in [0, 0.05) is 24.1 Å². The summed E-state index contributed by atoms with van der Waals surface area (Å²) in [5, 5.41) is 16.5. The van der Waals surface area contributed by atoms with E-state index in [2.05, 4.69) is 10.1 Å². The quantitative estimate of drug-likeness (QED) is 0.599. The predicted octanol–water partition coefficient (Wildman–Crippen LogP) is 3.75. The highest BCUT2D eigenvalue weighted by Crippen LogP contribution is 2.33. The molecule has 3 rings (SSSR count). The number of aromatic hydroxyl groups is 1. The zero-order chi connectivity index (χ0) is 20.8. The third kappa shape index (κ3) is 4.43. The van der Waals surface area contributed by atoms with Crippen LogP contribution >= 0.6 is 11.3 Å². The molecule has 1 aromatic heterocycles.